The van der Waals surface area contributed by atoms with Crippen LogP contribution in [0.25, 0.3) is 0 Å². The molecule has 0 radical (unpaired) electrons. The van der Waals surface area contributed by atoms with Gasteiger partial charge >= 0.3 is 0 Å². The molecule has 1 unspecified atom stereocenters. The third kappa shape index (κ3) is 3.79. The van der Waals surface area contributed by atoms with Crippen LogP contribution in [0.5, 0.6) is 5.75 Å². The molecule has 2 rings (SSSR count). The van der Waals surface area contributed by atoms with E-state index in [-0.39, 0.29) is 17.2 Å². The molecule has 0 amide bonds. The molecular formula is C15H12ClNO4. The summed E-state index contributed by atoms with van der Waals surface area (Å²) < 4.78 is 5.46. The summed E-state index contributed by atoms with van der Waals surface area (Å²) in [5.41, 5.74) is 0.385. The summed E-state index contributed by atoms with van der Waals surface area (Å²) in [5.74, 6) is 0.0530. The number of non-ortho nitro benzene ring substituents is 1. The van der Waals surface area contributed by atoms with E-state index in [0.29, 0.717) is 10.6 Å². The number of ketones is 1. The molecule has 0 spiro atoms. The molecule has 5 nitrogen and oxygen atoms in total. The first-order chi connectivity index (χ1) is 9.97. The highest BCUT2D eigenvalue weighted by Gasteiger charge is 2.17. The minimum absolute atomic E-state index is 0.0846. The van der Waals surface area contributed by atoms with Gasteiger partial charge in [0.25, 0.3) is 5.69 Å². The Kier molecular flexibility index (Phi) is 4.55. The van der Waals surface area contributed by atoms with E-state index in [1.807, 2.05) is 0 Å². The number of nitro benzene ring substituents is 1. The molecule has 0 heterocycles. The van der Waals surface area contributed by atoms with Crippen molar-refractivity contribution in [2.75, 3.05) is 0 Å². The number of carbonyl (C=O) groups is 1. The van der Waals surface area contributed by atoms with Crippen molar-refractivity contribution in [2.45, 2.75) is 13.0 Å². The first-order valence-electron chi connectivity index (χ1n) is 6.18. The van der Waals surface area contributed by atoms with Gasteiger partial charge in [0, 0.05) is 16.7 Å². The van der Waals surface area contributed by atoms with Gasteiger partial charge in [-0.2, -0.15) is 0 Å². The summed E-state index contributed by atoms with van der Waals surface area (Å²) >= 11 is 5.77. The van der Waals surface area contributed by atoms with Crippen molar-refractivity contribution in [3.8, 4) is 5.75 Å². The van der Waals surface area contributed by atoms with Gasteiger partial charge in [-0.05, 0) is 37.3 Å². The van der Waals surface area contributed by atoms with E-state index < -0.39 is 11.0 Å². The third-order valence-corrected chi connectivity index (χ3v) is 3.09. The van der Waals surface area contributed by atoms with Gasteiger partial charge < -0.3 is 4.74 Å². The van der Waals surface area contributed by atoms with Crippen LogP contribution in [0.1, 0.15) is 17.3 Å². The molecule has 108 valence electrons. The normalized spacial score (nSPS) is 11.7. The Balaban J connectivity index is 2.12. The fraction of sp³-hybridized carbons (Fsp3) is 0.133. The maximum Gasteiger partial charge on any atom is 0.273 e. The fourth-order valence-electron chi connectivity index (χ4n) is 1.78. The van der Waals surface area contributed by atoms with Gasteiger partial charge in [0.2, 0.25) is 5.78 Å². The van der Waals surface area contributed by atoms with Crippen molar-refractivity contribution in [2.24, 2.45) is 0 Å². The van der Waals surface area contributed by atoms with Crippen LogP contribution in [-0.2, 0) is 0 Å². The van der Waals surface area contributed by atoms with Crippen LogP contribution in [0.2, 0.25) is 5.02 Å². The number of nitro groups is 1. The quantitative estimate of drug-likeness (QED) is 0.477. The summed E-state index contributed by atoms with van der Waals surface area (Å²) in [6.45, 7) is 1.59. The fourth-order valence-corrected chi connectivity index (χ4v) is 1.90. The lowest BCUT2D eigenvalue weighted by Gasteiger charge is -2.13. The minimum Gasteiger partial charge on any atom is -0.482 e. The van der Waals surface area contributed by atoms with Crippen molar-refractivity contribution < 1.29 is 14.5 Å². The third-order valence-electron chi connectivity index (χ3n) is 2.84. The van der Waals surface area contributed by atoms with Crippen LogP contribution in [0.15, 0.2) is 48.5 Å². The van der Waals surface area contributed by atoms with Crippen LogP contribution in [0, 0.1) is 10.1 Å². The lowest BCUT2D eigenvalue weighted by Crippen LogP contribution is -2.23. The Morgan fingerprint density at radius 2 is 1.90 bits per heavy atom. The first kappa shape index (κ1) is 15.0. The van der Waals surface area contributed by atoms with E-state index in [0.717, 1.165) is 0 Å². The Morgan fingerprint density at radius 3 is 2.52 bits per heavy atom. The predicted octanol–water partition coefficient (Wildman–Crippen LogP) is 3.90. The Morgan fingerprint density at radius 1 is 1.24 bits per heavy atom. The molecule has 0 aromatic heterocycles. The molecule has 0 saturated carbocycles. The molecule has 0 aliphatic carbocycles. The topological polar surface area (TPSA) is 69.4 Å². The average molecular weight is 306 g/mol. The first-order valence-corrected chi connectivity index (χ1v) is 6.56. The van der Waals surface area contributed by atoms with Gasteiger partial charge in [-0.15, -0.1) is 0 Å². The Bertz CT molecular complexity index is 670. The SMILES string of the molecule is CC(Oc1cccc([N+](=O)[O-])c1)C(=O)c1ccc(Cl)cc1. The van der Waals surface area contributed by atoms with Crippen molar-refractivity contribution in [3.63, 3.8) is 0 Å². The lowest BCUT2D eigenvalue weighted by molar-refractivity contribution is -0.384. The van der Waals surface area contributed by atoms with Crippen LogP contribution in [0.3, 0.4) is 0 Å². The number of benzene rings is 2. The zero-order valence-corrected chi connectivity index (χ0v) is 11.9. The molecule has 2 aromatic rings. The highest BCUT2D eigenvalue weighted by Crippen LogP contribution is 2.21. The molecule has 6 heteroatoms. The van der Waals surface area contributed by atoms with E-state index in [4.69, 9.17) is 16.3 Å². The van der Waals surface area contributed by atoms with Gasteiger partial charge in [-0.1, -0.05) is 17.7 Å². The molecular weight excluding hydrogens is 294 g/mol. The number of hydrogen-bond acceptors (Lipinski definition) is 4. The van der Waals surface area contributed by atoms with Crippen LogP contribution >= 0.6 is 11.6 Å². The van der Waals surface area contributed by atoms with Crippen molar-refractivity contribution in [3.05, 3.63) is 69.2 Å². The summed E-state index contributed by atoms with van der Waals surface area (Å²) in [5, 5.41) is 11.2. The second-order valence-corrected chi connectivity index (χ2v) is 4.82. The molecule has 2 aromatic carbocycles. The van der Waals surface area contributed by atoms with Gasteiger partial charge in [0.15, 0.2) is 6.10 Å². The number of hydrogen-bond donors (Lipinski definition) is 0. The highest BCUT2D eigenvalue weighted by molar-refractivity contribution is 6.30. The molecule has 0 saturated heterocycles. The second-order valence-electron chi connectivity index (χ2n) is 4.39. The van der Waals surface area contributed by atoms with Crippen molar-refractivity contribution >= 4 is 23.1 Å². The smallest absolute Gasteiger partial charge is 0.273 e. The summed E-state index contributed by atoms with van der Waals surface area (Å²) in [6.07, 6.45) is -0.756. The second kappa shape index (κ2) is 6.37. The summed E-state index contributed by atoms with van der Waals surface area (Å²) in [4.78, 5) is 22.4. The van der Waals surface area contributed by atoms with Gasteiger partial charge in [0.05, 0.1) is 11.0 Å². The standard InChI is InChI=1S/C15H12ClNO4/c1-10(15(18)11-5-7-12(16)8-6-11)21-14-4-2-3-13(9-14)17(19)20/h2-10H,1H3. The van der Waals surface area contributed by atoms with Crippen molar-refractivity contribution in [1.29, 1.82) is 0 Å². The van der Waals surface area contributed by atoms with E-state index in [1.165, 1.54) is 18.2 Å². The van der Waals surface area contributed by atoms with Crippen LogP contribution in [-0.4, -0.2) is 16.8 Å². The molecule has 21 heavy (non-hydrogen) atoms. The van der Waals surface area contributed by atoms with E-state index in [2.05, 4.69) is 0 Å². The molecule has 0 aliphatic rings. The Hall–Kier alpha value is -2.40. The van der Waals surface area contributed by atoms with Gasteiger partial charge in [-0.25, -0.2) is 0 Å². The van der Waals surface area contributed by atoms with Crippen LogP contribution < -0.4 is 4.74 Å². The molecule has 0 fully saturated rings. The minimum atomic E-state index is -0.756. The molecule has 0 aliphatic heterocycles. The summed E-state index contributed by atoms with van der Waals surface area (Å²) in [7, 11) is 0. The number of ether oxygens (including phenoxy) is 1. The zero-order chi connectivity index (χ0) is 15.4. The highest BCUT2D eigenvalue weighted by atomic mass is 35.5. The maximum atomic E-state index is 12.2. The van der Waals surface area contributed by atoms with E-state index in [9.17, 15) is 14.9 Å². The zero-order valence-electron chi connectivity index (χ0n) is 11.2. The number of rotatable bonds is 5. The monoisotopic (exact) mass is 305 g/mol. The number of halogens is 1. The Labute approximate surface area is 126 Å². The molecule has 0 N–H and O–H groups in total. The van der Waals surface area contributed by atoms with Crippen LogP contribution in [0.4, 0.5) is 5.69 Å². The number of Topliss-reactive ketones (excluding diaryl/α,β-unsaturated/α-hetero) is 1. The number of carbonyl (C=O) groups excluding carboxylic acids is 1. The van der Waals surface area contributed by atoms with Crippen molar-refractivity contribution in [1.82, 2.24) is 0 Å². The van der Waals surface area contributed by atoms with E-state index >= 15 is 0 Å². The molecule has 1 atom stereocenters. The average Bonchev–Trinajstić information content (AvgIpc) is 2.47. The van der Waals surface area contributed by atoms with E-state index in [1.54, 1.807) is 37.3 Å². The largest absolute Gasteiger partial charge is 0.482 e. The lowest BCUT2D eigenvalue weighted by atomic mass is 10.1. The van der Waals surface area contributed by atoms with Gasteiger partial charge in [-0.3, -0.25) is 14.9 Å². The molecule has 0 bridgehead atoms. The maximum absolute atomic E-state index is 12.2. The van der Waals surface area contributed by atoms with Gasteiger partial charge in [0.1, 0.15) is 5.75 Å². The summed E-state index contributed by atoms with van der Waals surface area (Å²) in [6, 6.07) is 12.2. The number of nitrogens with zero attached hydrogens (tertiary/aromatic N) is 1. The predicted molar refractivity (Wildman–Crippen MR) is 79.0 cm³/mol.